The number of rotatable bonds is 5. The molecule has 3 rings (SSSR count). The van der Waals surface area contributed by atoms with Gasteiger partial charge in [-0.1, -0.05) is 30.3 Å². The number of carbonyl (C=O) groups excluding carboxylic acids is 1. The lowest BCUT2D eigenvalue weighted by atomic mass is 10.1. The molecule has 0 aliphatic carbocycles. The minimum Gasteiger partial charge on any atom is -0.322 e. The molecule has 2 aromatic rings. The summed E-state index contributed by atoms with van der Waals surface area (Å²) in [5.41, 5.74) is 2.69. The van der Waals surface area contributed by atoms with E-state index in [1.54, 1.807) is 24.3 Å². The molecule has 0 aromatic heterocycles. The Balaban J connectivity index is 1.38. The van der Waals surface area contributed by atoms with Crippen LogP contribution < -0.4 is 5.32 Å². The molecule has 1 fully saturated rings. The number of nitrogens with one attached hydrogen (secondary N) is 1. The molecule has 134 valence electrons. The summed E-state index contributed by atoms with van der Waals surface area (Å²) in [6.07, 6.45) is 2.24. The first kappa shape index (κ1) is 18.0. The third-order valence-corrected chi connectivity index (χ3v) is 4.71. The Labute approximate surface area is 154 Å². The van der Waals surface area contributed by atoms with Crippen LogP contribution in [0.3, 0.4) is 0 Å². The van der Waals surface area contributed by atoms with Gasteiger partial charge in [0, 0.05) is 31.9 Å². The molecule has 26 heavy (non-hydrogen) atoms. The van der Waals surface area contributed by atoms with Gasteiger partial charge < -0.3 is 10.2 Å². The topological polar surface area (TPSA) is 59.4 Å². The molecular formula is C21H24N4O. The van der Waals surface area contributed by atoms with E-state index in [0.29, 0.717) is 5.56 Å². The minimum atomic E-state index is -0.0707. The average molecular weight is 348 g/mol. The summed E-state index contributed by atoms with van der Waals surface area (Å²) in [4.78, 5) is 16.6. The lowest BCUT2D eigenvalue weighted by molar-refractivity contribution is 0.146. The molecule has 1 aliphatic rings. The Morgan fingerprint density at radius 3 is 2.35 bits per heavy atom. The molecule has 5 nitrogen and oxygen atoms in total. The average Bonchev–Trinajstić information content (AvgIpc) is 2.70. The number of urea groups is 1. The number of benzene rings is 2. The van der Waals surface area contributed by atoms with E-state index in [1.165, 1.54) is 5.56 Å². The third kappa shape index (κ3) is 5.08. The van der Waals surface area contributed by atoms with Crippen molar-refractivity contribution in [2.75, 3.05) is 38.0 Å². The molecule has 0 bridgehead atoms. The van der Waals surface area contributed by atoms with E-state index in [-0.39, 0.29) is 6.03 Å². The van der Waals surface area contributed by atoms with E-state index in [2.05, 4.69) is 40.6 Å². The summed E-state index contributed by atoms with van der Waals surface area (Å²) < 4.78 is 0. The van der Waals surface area contributed by atoms with Crippen LogP contribution in [-0.4, -0.2) is 48.6 Å². The summed E-state index contributed by atoms with van der Waals surface area (Å²) >= 11 is 0. The second-order valence-corrected chi connectivity index (χ2v) is 6.54. The van der Waals surface area contributed by atoms with Crippen molar-refractivity contribution in [1.82, 2.24) is 9.80 Å². The van der Waals surface area contributed by atoms with Gasteiger partial charge in [-0.2, -0.15) is 5.26 Å². The van der Waals surface area contributed by atoms with Gasteiger partial charge in [0.05, 0.1) is 11.6 Å². The number of carbonyl (C=O) groups is 1. The fraction of sp³-hybridized carbons (Fsp3) is 0.333. The number of hydrogen-bond donors (Lipinski definition) is 1. The zero-order valence-electron chi connectivity index (χ0n) is 14.9. The van der Waals surface area contributed by atoms with Crippen molar-refractivity contribution in [2.45, 2.75) is 12.8 Å². The first-order valence-corrected chi connectivity index (χ1v) is 9.07. The Hall–Kier alpha value is -2.84. The van der Waals surface area contributed by atoms with Crippen molar-refractivity contribution >= 4 is 11.7 Å². The number of nitriles is 1. The zero-order chi connectivity index (χ0) is 18.2. The predicted molar refractivity (Wildman–Crippen MR) is 103 cm³/mol. The quantitative estimate of drug-likeness (QED) is 0.901. The highest BCUT2D eigenvalue weighted by atomic mass is 16.2. The molecule has 0 spiro atoms. The van der Waals surface area contributed by atoms with Crippen molar-refractivity contribution < 1.29 is 4.79 Å². The fourth-order valence-corrected chi connectivity index (χ4v) is 3.16. The Kier molecular flexibility index (Phi) is 6.24. The smallest absolute Gasteiger partial charge is 0.321 e. The normalized spacial score (nSPS) is 14.7. The van der Waals surface area contributed by atoms with Crippen LogP contribution in [0.15, 0.2) is 54.6 Å². The summed E-state index contributed by atoms with van der Waals surface area (Å²) in [6, 6.07) is 19.5. The van der Waals surface area contributed by atoms with Crippen molar-refractivity contribution in [2.24, 2.45) is 0 Å². The maximum Gasteiger partial charge on any atom is 0.321 e. The summed E-state index contributed by atoms with van der Waals surface area (Å²) in [5.74, 6) is 0. The standard InChI is InChI=1S/C21H24N4O/c22-17-19-8-10-20(11-9-19)23-21(26)25-15-13-24(14-16-25)12-4-7-18-5-2-1-3-6-18/h1-3,5-6,8-11H,4,7,12-16H2,(H,23,26). The second-order valence-electron chi connectivity index (χ2n) is 6.54. The number of anilines is 1. The van der Waals surface area contributed by atoms with Crippen LogP contribution in [0.25, 0.3) is 0 Å². The van der Waals surface area contributed by atoms with Crippen LogP contribution in [0.4, 0.5) is 10.5 Å². The number of nitrogens with zero attached hydrogens (tertiary/aromatic N) is 3. The zero-order valence-corrected chi connectivity index (χ0v) is 14.9. The monoisotopic (exact) mass is 348 g/mol. The number of amides is 2. The van der Waals surface area contributed by atoms with E-state index in [9.17, 15) is 4.79 Å². The number of aryl methyl sites for hydroxylation is 1. The third-order valence-electron chi connectivity index (χ3n) is 4.71. The van der Waals surface area contributed by atoms with Crippen LogP contribution in [0.5, 0.6) is 0 Å². The molecular weight excluding hydrogens is 324 g/mol. The Morgan fingerprint density at radius 1 is 1.00 bits per heavy atom. The van der Waals surface area contributed by atoms with Gasteiger partial charge >= 0.3 is 6.03 Å². The molecule has 2 amide bonds. The molecule has 1 N–H and O–H groups in total. The molecule has 2 aromatic carbocycles. The van der Waals surface area contributed by atoms with E-state index in [1.807, 2.05) is 11.0 Å². The van der Waals surface area contributed by atoms with E-state index in [0.717, 1.165) is 51.3 Å². The number of piperazine rings is 1. The van der Waals surface area contributed by atoms with Gasteiger partial charge in [-0.05, 0) is 49.2 Å². The molecule has 0 radical (unpaired) electrons. The molecule has 0 saturated carbocycles. The molecule has 0 atom stereocenters. The molecule has 1 heterocycles. The highest BCUT2D eigenvalue weighted by molar-refractivity contribution is 5.89. The lowest BCUT2D eigenvalue weighted by Crippen LogP contribution is -2.50. The van der Waals surface area contributed by atoms with Crippen molar-refractivity contribution in [1.29, 1.82) is 5.26 Å². The molecule has 1 saturated heterocycles. The Bertz CT molecular complexity index is 744. The van der Waals surface area contributed by atoms with Crippen LogP contribution in [0.1, 0.15) is 17.5 Å². The van der Waals surface area contributed by atoms with E-state index >= 15 is 0 Å². The maximum atomic E-state index is 12.4. The van der Waals surface area contributed by atoms with Gasteiger partial charge in [0.15, 0.2) is 0 Å². The first-order valence-electron chi connectivity index (χ1n) is 9.07. The minimum absolute atomic E-state index is 0.0707. The van der Waals surface area contributed by atoms with Gasteiger partial charge in [-0.25, -0.2) is 4.79 Å². The second kappa shape index (κ2) is 9.02. The van der Waals surface area contributed by atoms with Crippen LogP contribution in [0, 0.1) is 11.3 Å². The molecule has 0 unspecified atom stereocenters. The molecule has 5 heteroatoms. The van der Waals surface area contributed by atoms with Gasteiger partial charge in [-0.3, -0.25) is 4.90 Å². The first-order chi connectivity index (χ1) is 12.7. The SMILES string of the molecule is N#Cc1ccc(NC(=O)N2CCN(CCCc3ccccc3)CC2)cc1. The van der Waals surface area contributed by atoms with Crippen LogP contribution in [0.2, 0.25) is 0 Å². The Morgan fingerprint density at radius 2 is 1.69 bits per heavy atom. The summed E-state index contributed by atoms with van der Waals surface area (Å²) in [7, 11) is 0. The highest BCUT2D eigenvalue weighted by Gasteiger charge is 2.20. The highest BCUT2D eigenvalue weighted by Crippen LogP contribution is 2.11. The van der Waals surface area contributed by atoms with Gasteiger partial charge in [0.25, 0.3) is 0 Å². The van der Waals surface area contributed by atoms with Crippen molar-refractivity contribution in [3.8, 4) is 6.07 Å². The summed E-state index contributed by atoms with van der Waals surface area (Å²) in [5, 5.41) is 11.7. The predicted octanol–water partition coefficient (Wildman–Crippen LogP) is 3.34. The lowest BCUT2D eigenvalue weighted by Gasteiger charge is -2.34. The van der Waals surface area contributed by atoms with Crippen molar-refractivity contribution in [3.05, 3.63) is 65.7 Å². The van der Waals surface area contributed by atoms with Gasteiger partial charge in [-0.15, -0.1) is 0 Å². The van der Waals surface area contributed by atoms with E-state index < -0.39 is 0 Å². The van der Waals surface area contributed by atoms with Gasteiger partial charge in [0.2, 0.25) is 0 Å². The van der Waals surface area contributed by atoms with E-state index in [4.69, 9.17) is 5.26 Å². The van der Waals surface area contributed by atoms with Crippen LogP contribution >= 0.6 is 0 Å². The van der Waals surface area contributed by atoms with Crippen LogP contribution in [-0.2, 0) is 6.42 Å². The number of hydrogen-bond acceptors (Lipinski definition) is 3. The van der Waals surface area contributed by atoms with Crippen molar-refractivity contribution in [3.63, 3.8) is 0 Å². The summed E-state index contributed by atoms with van der Waals surface area (Å²) in [6.45, 7) is 4.38. The molecule has 1 aliphatic heterocycles. The van der Waals surface area contributed by atoms with Gasteiger partial charge in [0.1, 0.15) is 0 Å². The maximum absolute atomic E-state index is 12.4. The largest absolute Gasteiger partial charge is 0.322 e. The fourth-order valence-electron chi connectivity index (χ4n) is 3.16.